The van der Waals surface area contributed by atoms with Crippen molar-refractivity contribution in [2.45, 2.75) is 25.8 Å². The minimum atomic E-state index is -3.60. The minimum Gasteiger partial charge on any atom is -0.493 e. The second kappa shape index (κ2) is 10.0. The highest BCUT2D eigenvalue weighted by Gasteiger charge is 2.30. The molecule has 0 atom stereocenters. The Morgan fingerprint density at radius 1 is 0.943 bits per heavy atom. The van der Waals surface area contributed by atoms with Gasteiger partial charge in [-0.25, -0.2) is 8.42 Å². The zero-order chi connectivity index (χ0) is 25.2. The van der Waals surface area contributed by atoms with Gasteiger partial charge in [0, 0.05) is 38.0 Å². The SMILES string of the molecule is COc1cc2c(cc1OC)CN(S(=O)(=O)CCNC(=O)c1ccc(N3C(=O)CCC3=O)cc1)CC2. The largest absolute Gasteiger partial charge is 0.493 e. The maximum absolute atomic E-state index is 12.9. The maximum Gasteiger partial charge on any atom is 0.251 e. The summed E-state index contributed by atoms with van der Waals surface area (Å²) in [5.74, 6) is -0.0626. The summed E-state index contributed by atoms with van der Waals surface area (Å²) in [6.07, 6.45) is 0.912. The zero-order valence-electron chi connectivity index (χ0n) is 19.6. The molecule has 0 saturated carbocycles. The average Bonchev–Trinajstić information content (AvgIpc) is 3.20. The molecule has 0 radical (unpaired) electrons. The zero-order valence-corrected chi connectivity index (χ0v) is 20.4. The number of rotatable bonds is 8. The molecule has 2 aliphatic heterocycles. The second-order valence-electron chi connectivity index (χ2n) is 8.30. The van der Waals surface area contributed by atoms with Gasteiger partial charge >= 0.3 is 0 Å². The van der Waals surface area contributed by atoms with Crippen LogP contribution in [0.5, 0.6) is 11.5 Å². The van der Waals surface area contributed by atoms with Gasteiger partial charge in [-0.2, -0.15) is 4.31 Å². The van der Waals surface area contributed by atoms with E-state index in [0.717, 1.165) is 16.0 Å². The van der Waals surface area contributed by atoms with Crippen LogP contribution >= 0.6 is 0 Å². The molecule has 1 N–H and O–H groups in total. The van der Waals surface area contributed by atoms with Crippen LogP contribution in [-0.2, 0) is 32.6 Å². The maximum atomic E-state index is 12.9. The molecular weight excluding hydrogens is 474 g/mol. The predicted molar refractivity (Wildman–Crippen MR) is 128 cm³/mol. The van der Waals surface area contributed by atoms with E-state index in [2.05, 4.69) is 5.32 Å². The van der Waals surface area contributed by atoms with Crippen molar-refractivity contribution in [1.82, 2.24) is 9.62 Å². The summed E-state index contributed by atoms with van der Waals surface area (Å²) in [5.41, 5.74) is 2.59. The fraction of sp³-hybridized carbons (Fsp3) is 0.375. The van der Waals surface area contributed by atoms with Crippen molar-refractivity contribution >= 4 is 33.4 Å². The van der Waals surface area contributed by atoms with Gasteiger partial charge in [0.25, 0.3) is 5.91 Å². The molecule has 0 bridgehead atoms. The van der Waals surface area contributed by atoms with Gasteiger partial charge in [-0.1, -0.05) is 0 Å². The molecule has 1 fully saturated rings. The van der Waals surface area contributed by atoms with Crippen molar-refractivity contribution in [2.75, 3.05) is 38.0 Å². The van der Waals surface area contributed by atoms with Crippen molar-refractivity contribution in [3.05, 3.63) is 53.1 Å². The summed E-state index contributed by atoms with van der Waals surface area (Å²) in [7, 11) is -0.516. The first-order chi connectivity index (χ1) is 16.7. The molecule has 4 rings (SSSR count). The lowest BCUT2D eigenvalue weighted by Crippen LogP contribution is -2.40. The first kappa shape index (κ1) is 24.7. The summed E-state index contributed by atoms with van der Waals surface area (Å²) in [6.45, 7) is 0.511. The van der Waals surface area contributed by atoms with E-state index in [9.17, 15) is 22.8 Å². The highest BCUT2D eigenvalue weighted by molar-refractivity contribution is 7.89. The van der Waals surface area contributed by atoms with E-state index in [1.54, 1.807) is 13.2 Å². The summed E-state index contributed by atoms with van der Waals surface area (Å²) in [6, 6.07) is 9.73. The van der Waals surface area contributed by atoms with Gasteiger partial charge in [0.2, 0.25) is 21.8 Å². The van der Waals surface area contributed by atoms with Crippen molar-refractivity contribution in [3.63, 3.8) is 0 Å². The quantitative estimate of drug-likeness (QED) is 0.544. The molecule has 3 amide bonds. The molecule has 0 unspecified atom stereocenters. The normalized spacial score (nSPS) is 16.2. The summed E-state index contributed by atoms with van der Waals surface area (Å²) in [5, 5.41) is 2.62. The van der Waals surface area contributed by atoms with E-state index in [1.165, 1.54) is 35.7 Å². The molecule has 0 aliphatic carbocycles. The van der Waals surface area contributed by atoms with E-state index >= 15 is 0 Å². The van der Waals surface area contributed by atoms with Crippen LogP contribution in [0.25, 0.3) is 0 Å². The standard InChI is InChI=1S/C24H27N3O7S/c1-33-20-13-17-9-11-26(15-18(17)14-21(20)34-2)35(31,32)12-10-25-24(30)16-3-5-19(6-4-16)27-22(28)7-8-23(27)29/h3-6,13-14H,7-12,15H2,1-2H3,(H,25,30). The van der Waals surface area contributed by atoms with Crippen LogP contribution < -0.4 is 19.7 Å². The number of methoxy groups -OCH3 is 2. The number of fused-ring (bicyclic) bond motifs is 1. The molecule has 10 nitrogen and oxygen atoms in total. The number of hydrogen-bond acceptors (Lipinski definition) is 7. The van der Waals surface area contributed by atoms with Gasteiger partial charge in [-0.15, -0.1) is 0 Å². The molecule has 35 heavy (non-hydrogen) atoms. The lowest BCUT2D eigenvalue weighted by atomic mass is 10.0. The Morgan fingerprint density at radius 2 is 1.54 bits per heavy atom. The molecule has 1 saturated heterocycles. The molecule has 11 heteroatoms. The Bertz CT molecular complexity index is 1240. The Labute approximate surface area is 203 Å². The lowest BCUT2D eigenvalue weighted by Gasteiger charge is -2.29. The monoisotopic (exact) mass is 501 g/mol. The van der Waals surface area contributed by atoms with Crippen LogP contribution in [0.1, 0.15) is 34.3 Å². The van der Waals surface area contributed by atoms with Gasteiger partial charge in [0.15, 0.2) is 11.5 Å². The topological polar surface area (TPSA) is 122 Å². The fourth-order valence-corrected chi connectivity index (χ4v) is 5.57. The predicted octanol–water partition coefficient (Wildman–Crippen LogP) is 1.48. The first-order valence-corrected chi connectivity index (χ1v) is 12.8. The smallest absolute Gasteiger partial charge is 0.251 e. The summed E-state index contributed by atoms with van der Waals surface area (Å²) in [4.78, 5) is 37.3. The van der Waals surface area contributed by atoms with Gasteiger partial charge in [0.1, 0.15) is 0 Å². The van der Waals surface area contributed by atoms with E-state index in [1.807, 2.05) is 6.07 Å². The van der Waals surface area contributed by atoms with E-state index in [4.69, 9.17) is 9.47 Å². The number of carbonyl (C=O) groups is 3. The number of nitrogens with zero attached hydrogens (tertiary/aromatic N) is 2. The highest BCUT2D eigenvalue weighted by Crippen LogP contribution is 2.33. The third-order valence-corrected chi connectivity index (χ3v) is 7.98. The van der Waals surface area contributed by atoms with Crippen molar-refractivity contribution < 1.29 is 32.3 Å². The average molecular weight is 502 g/mol. The third-order valence-electron chi connectivity index (χ3n) is 6.16. The van der Waals surface area contributed by atoms with Gasteiger partial charge < -0.3 is 14.8 Å². The van der Waals surface area contributed by atoms with Crippen molar-refractivity contribution in [1.29, 1.82) is 0 Å². The van der Waals surface area contributed by atoms with E-state index in [0.29, 0.717) is 35.7 Å². The Balaban J connectivity index is 1.34. The van der Waals surface area contributed by atoms with Gasteiger partial charge in [-0.05, 0) is 53.9 Å². The Hall–Kier alpha value is -3.44. The summed E-state index contributed by atoms with van der Waals surface area (Å²) >= 11 is 0. The number of nitrogens with one attached hydrogen (secondary N) is 1. The van der Waals surface area contributed by atoms with Crippen LogP contribution in [0.2, 0.25) is 0 Å². The van der Waals surface area contributed by atoms with Gasteiger partial charge in [-0.3, -0.25) is 19.3 Å². The number of hydrogen-bond donors (Lipinski definition) is 1. The van der Waals surface area contributed by atoms with Crippen molar-refractivity contribution in [3.8, 4) is 11.5 Å². The molecular formula is C24H27N3O7S. The van der Waals surface area contributed by atoms with Crippen LogP contribution in [-0.4, -0.2) is 63.5 Å². The molecule has 2 aliphatic rings. The molecule has 0 aromatic heterocycles. The van der Waals surface area contributed by atoms with Crippen LogP contribution in [0.4, 0.5) is 5.69 Å². The molecule has 2 heterocycles. The Morgan fingerprint density at radius 3 is 2.14 bits per heavy atom. The molecule has 2 aromatic carbocycles. The molecule has 2 aromatic rings. The molecule has 186 valence electrons. The second-order valence-corrected chi connectivity index (χ2v) is 10.4. The van der Waals surface area contributed by atoms with Crippen LogP contribution in [0.15, 0.2) is 36.4 Å². The first-order valence-electron chi connectivity index (χ1n) is 11.2. The fourth-order valence-electron chi connectivity index (χ4n) is 4.25. The number of sulfonamides is 1. The lowest BCUT2D eigenvalue weighted by molar-refractivity contribution is -0.121. The van der Waals surface area contributed by atoms with E-state index in [-0.39, 0.29) is 43.5 Å². The van der Waals surface area contributed by atoms with Crippen LogP contribution in [0, 0.1) is 0 Å². The summed E-state index contributed by atoms with van der Waals surface area (Å²) < 4.78 is 37.8. The minimum absolute atomic E-state index is 0.0543. The number of ether oxygens (including phenoxy) is 2. The van der Waals surface area contributed by atoms with E-state index < -0.39 is 15.9 Å². The number of anilines is 1. The number of benzene rings is 2. The Kier molecular flexibility index (Phi) is 7.08. The number of imide groups is 1. The van der Waals surface area contributed by atoms with Crippen molar-refractivity contribution in [2.24, 2.45) is 0 Å². The number of amides is 3. The molecule has 0 spiro atoms. The highest BCUT2D eigenvalue weighted by atomic mass is 32.2. The number of carbonyl (C=O) groups excluding carboxylic acids is 3. The van der Waals surface area contributed by atoms with Crippen LogP contribution in [0.3, 0.4) is 0 Å². The van der Waals surface area contributed by atoms with Gasteiger partial charge in [0.05, 0.1) is 25.7 Å². The third kappa shape index (κ3) is 5.15.